The van der Waals surface area contributed by atoms with Gasteiger partial charge in [-0.2, -0.15) is 0 Å². The molecule has 0 radical (unpaired) electrons. The van der Waals surface area contributed by atoms with E-state index in [-0.39, 0.29) is 18.4 Å². The maximum atomic E-state index is 12.9. The fourth-order valence-corrected chi connectivity index (χ4v) is 3.40. The first kappa shape index (κ1) is 16.9. The number of carbonyl (C=O) groups is 2. The van der Waals surface area contributed by atoms with Gasteiger partial charge >= 0.3 is 0 Å². The van der Waals surface area contributed by atoms with Crippen LogP contribution in [0.2, 0.25) is 0 Å². The van der Waals surface area contributed by atoms with Gasteiger partial charge in [0, 0.05) is 19.2 Å². The van der Waals surface area contributed by atoms with Gasteiger partial charge < -0.3 is 19.5 Å². The molecule has 2 aliphatic rings. The molecule has 8 heteroatoms. The minimum atomic E-state index is -0.631. The van der Waals surface area contributed by atoms with Crippen LogP contribution in [0.1, 0.15) is 25.5 Å². The predicted molar refractivity (Wildman–Crippen MR) is 86.5 cm³/mol. The summed E-state index contributed by atoms with van der Waals surface area (Å²) in [5, 5.41) is 6.48. The number of hydrogen-bond acceptors (Lipinski definition) is 6. The number of ether oxygens (including phenoxy) is 1. The fraction of sp³-hybridized carbons (Fsp3) is 0.688. The van der Waals surface area contributed by atoms with Crippen LogP contribution in [0.15, 0.2) is 10.6 Å². The van der Waals surface area contributed by atoms with E-state index in [2.05, 4.69) is 10.5 Å². The topological polar surface area (TPSA) is 87.9 Å². The first-order chi connectivity index (χ1) is 11.5. The van der Waals surface area contributed by atoms with Crippen molar-refractivity contribution < 1.29 is 18.8 Å². The Balaban J connectivity index is 1.63. The summed E-state index contributed by atoms with van der Waals surface area (Å²) in [6.45, 7) is 6.99. The van der Waals surface area contributed by atoms with E-state index in [0.717, 1.165) is 19.4 Å². The lowest BCUT2D eigenvalue weighted by Gasteiger charge is -2.39. The molecule has 1 atom stereocenters. The Morgan fingerprint density at radius 1 is 1.33 bits per heavy atom. The van der Waals surface area contributed by atoms with Crippen molar-refractivity contribution in [2.45, 2.75) is 32.2 Å². The highest BCUT2D eigenvalue weighted by atomic mass is 16.5. The van der Waals surface area contributed by atoms with Crippen molar-refractivity contribution in [3.8, 4) is 0 Å². The molecule has 1 N–H and O–H groups in total. The normalized spacial score (nSPS) is 25.0. The molecule has 132 valence electrons. The molecule has 1 unspecified atom stereocenters. The van der Waals surface area contributed by atoms with E-state index in [4.69, 9.17) is 9.26 Å². The zero-order chi connectivity index (χ0) is 17.2. The standard InChI is InChI=1S/C16H24N4O4/c1-12-10-13(18-24-12)17-14(21)11-20-5-3-4-16(20,2)15(22)19-6-8-23-9-7-19/h10H,3-9,11H2,1-2H3,(H,17,18,21). The Bertz CT molecular complexity index is 611. The highest BCUT2D eigenvalue weighted by Crippen LogP contribution is 2.31. The molecule has 0 spiro atoms. The van der Waals surface area contributed by atoms with E-state index < -0.39 is 5.54 Å². The van der Waals surface area contributed by atoms with Gasteiger partial charge in [-0.15, -0.1) is 0 Å². The van der Waals surface area contributed by atoms with Crippen molar-refractivity contribution >= 4 is 17.6 Å². The molecule has 3 rings (SSSR count). The Morgan fingerprint density at radius 3 is 2.75 bits per heavy atom. The highest BCUT2D eigenvalue weighted by molar-refractivity contribution is 5.93. The Kier molecular flexibility index (Phi) is 4.86. The van der Waals surface area contributed by atoms with Gasteiger partial charge in [0.15, 0.2) is 5.82 Å². The summed E-state index contributed by atoms with van der Waals surface area (Å²) in [6.07, 6.45) is 1.67. The van der Waals surface area contributed by atoms with Gasteiger partial charge in [0.1, 0.15) is 5.76 Å². The van der Waals surface area contributed by atoms with E-state index >= 15 is 0 Å². The van der Waals surface area contributed by atoms with Crippen molar-refractivity contribution in [1.82, 2.24) is 15.0 Å². The summed E-state index contributed by atoms with van der Waals surface area (Å²) in [7, 11) is 0. The summed E-state index contributed by atoms with van der Waals surface area (Å²) in [6, 6.07) is 1.67. The zero-order valence-electron chi connectivity index (χ0n) is 14.2. The number of carbonyl (C=O) groups excluding carboxylic acids is 2. The molecule has 24 heavy (non-hydrogen) atoms. The molecule has 0 bridgehead atoms. The van der Waals surface area contributed by atoms with Crippen LogP contribution >= 0.6 is 0 Å². The quantitative estimate of drug-likeness (QED) is 0.868. The van der Waals surface area contributed by atoms with Crippen LogP contribution in [-0.4, -0.2) is 71.7 Å². The minimum absolute atomic E-state index is 0.0911. The van der Waals surface area contributed by atoms with E-state index in [1.165, 1.54) is 0 Å². The highest BCUT2D eigenvalue weighted by Gasteiger charge is 2.46. The summed E-state index contributed by atoms with van der Waals surface area (Å²) < 4.78 is 10.3. The first-order valence-electron chi connectivity index (χ1n) is 8.34. The number of aryl methyl sites for hydroxylation is 1. The number of rotatable bonds is 4. The van der Waals surface area contributed by atoms with Crippen molar-refractivity contribution in [1.29, 1.82) is 0 Å². The second kappa shape index (κ2) is 6.90. The third-order valence-corrected chi connectivity index (χ3v) is 4.78. The van der Waals surface area contributed by atoms with Crippen molar-refractivity contribution in [3.05, 3.63) is 11.8 Å². The molecule has 2 saturated heterocycles. The minimum Gasteiger partial charge on any atom is -0.378 e. The average Bonchev–Trinajstić information content (AvgIpc) is 3.14. The summed E-state index contributed by atoms with van der Waals surface area (Å²) in [5.41, 5.74) is -0.631. The van der Waals surface area contributed by atoms with Gasteiger partial charge in [-0.1, -0.05) is 5.16 Å². The zero-order valence-corrected chi connectivity index (χ0v) is 14.2. The van der Waals surface area contributed by atoms with Gasteiger partial charge in [-0.25, -0.2) is 0 Å². The maximum absolute atomic E-state index is 12.9. The molecule has 1 aromatic heterocycles. The Hall–Kier alpha value is -1.93. The molecular formula is C16H24N4O4. The van der Waals surface area contributed by atoms with Crippen molar-refractivity contribution in [3.63, 3.8) is 0 Å². The Morgan fingerprint density at radius 2 is 2.08 bits per heavy atom. The second-order valence-corrected chi connectivity index (χ2v) is 6.57. The lowest BCUT2D eigenvalue weighted by Crippen LogP contribution is -2.58. The lowest BCUT2D eigenvalue weighted by atomic mass is 9.96. The van der Waals surface area contributed by atoms with Gasteiger partial charge in [0.2, 0.25) is 11.8 Å². The molecule has 0 aromatic carbocycles. The van der Waals surface area contributed by atoms with Crippen LogP contribution in [-0.2, 0) is 14.3 Å². The van der Waals surface area contributed by atoms with Crippen LogP contribution in [0, 0.1) is 6.92 Å². The van der Waals surface area contributed by atoms with Crippen LogP contribution < -0.4 is 5.32 Å². The summed E-state index contributed by atoms with van der Waals surface area (Å²) in [4.78, 5) is 29.0. The van der Waals surface area contributed by atoms with Gasteiger partial charge in [0.25, 0.3) is 0 Å². The van der Waals surface area contributed by atoms with E-state index in [9.17, 15) is 9.59 Å². The number of aromatic nitrogens is 1. The number of morpholine rings is 1. The van der Waals surface area contributed by atoms with E-state index in [0.29, 0.717) is 37.9 Å². The molecule has 3 heterocycles. The number of hydrogen-bond donors (Lipinski definition) is 1. The molecule has 1 aromatic rings. The van der Waals surface area contributed by atoms with Crippen LogP contribution in [0.25, 0.3) is 0 Å². The summed E-state index contributed by atoms with van der Waals surface area (Å²) >= 11 is 0. The molecule has 2 aliphatic heterocycles. The molecule has 0 saturated carbocycles. The van der Waals surface area contributed by atoms with E-state index in [1.54, 1.807) is 13.0 Å². The molecule has 8 nitrogen and oxygen atoms in total. The maximum Gasteiger partial charge on any atom is 0.242 e. The predicted octanol–water partition coefficient (Wildman–Crippen LogP) is 0.635. The molecule has 2 amide bonds. The fourth-order valence-electron chi connectivity index (χ4n) is 3.40. The SMILES string of the molecule is Cc1cc(NC(=O)CN2CCCC2(C)C(=O)N2CCOCC2)no1. The second-order valence-electron chi connectivity index (χ2n) is 6.57. The number of anilines is 1. The average molecular weight is 336 g/mol. The molecule has 2 fully saturated rings. The number of likely N-dealkylation sites (tertiary alicyclic amines) is 1. The number of nitrogens with zero attached hydrogens (tertiary/aromatic N) is 3. The summed E-state index contributed by atoms with van der Waals surface area (Å²) in [5.74, 6) is 0.941. The van der Waals surface area contributed by atoms with Crippen LogP contribution in [0.3, 0.4) is 0 Å². The van der Waals surface area contributed by atoms with Crippen LogP contribution in [0.5, 0.6) is 0 Å². The molecular weight excluding hydrogens is 312 g/mol. The third-order valence-electron chi connectivity index (χ3n) is 4.78. The molecule has 0 aliphatic carbocycles. The van der Waals surface area contributed by atoms with E-state index in [1.807, 2.05) is 16.7 Å². The first-order valence-corrected chi connectivity index (χ1v) is 8.34. The smallest absolute Gasteiger partial charge is 0.242 e. The van der Waals surface area contributed by atoms with Crippen molar-refractivity contribution in [2.75, 3.05) is 44.7 Å². The van der Waals surface area contributed by atoms with Gasteiger partial charge in [-0.05, 0) is 33.2 Å². The number of amides is 2. The van der Waals surface area contributed by atoms with Gasteiger partial charge in [0.05, 0.1) is 25.3 Å². The van der Waals surface area contributed by atoms with Gasteiger partial charge in [-0.3, -0.25) is 14.5 Å². The lowest BCUT2D eigenvalue weighted by molar-refractivity contribution is -0.146. The largest absolute Gasteiger partial charge is 0.378 e. The van der Waals surface area contributed by atoms with Crippen LogP contribution in [0.4, 0.5) is 5.82 Å². The number of nitrogens with one attached hydrogen (secondary N) is 1. The monoisotopic (exact) mass is 336 g/mol. The van der Waals surface area contributed by atoms with Crippen molar-refractivity contribution in [2.24, 2.45) is 0 Å². The Labute approximate surface area is 141 Å². The third kappa shape index (κ3) is 3.44.